The summed E-state index contributed by atoms with van der Waals surface area (Å²) in [4.78, 5) is 53.6. The summed E-state index contributed by atoms with van der Waals surface area (Å²) in [7, 11) is 0. The zero-order valence-electron chi connectivity index (χ0n) is 22.6. The van der Waals surface area contributed by atoms with Crippen molar-refractivity contribution in [3.8, 4) is 0 Å². The fraction of sp³-hybridized carbons (Fsp3) is 0.560. The van der Waals surface area contributed by atoms with Gasteiger partial charge in [0.25, 0.3) is 5.91 Å². The third kappa shape index (κ3) is 26.2. The lowest BCUT2D eigenvalue weighted by molar-refractivity contribution is -0.118. The van der Waals surface area contributed by atoms with Crippen LogP contribution in [0.3, 0.4) is 0 Å². The van der Waals surface area contributed by atoms with E-state index in [1.807, 2.05) is 26.0 Å². The lowest BCUT2D eigenvalue weighted by Crippen LogP contribution is -2.28. The van der Waals surface area contributed by atoms with E-state index in [1.54, 1.807) is 6.07 Å². The van der Waals surface area contributed by atoms with E-state index >= 15 is 0 Å². The number of hydrogen-bond acceptors (Lipinski definition) is 7. The van der Waals surface area contributed by atoms with E-state index < -0.39 is 0 Å². The number of amides is 5. The third-order valence-corrected chi connectivity index (χ3v) is 5.59. The van der Waals surface area contributed by atoms with Crippen LogP contribution in [0.4, 0.5) is 0 Å². The molecule has 0 aromatic heterocycles. The van der Waals surface area contributed by atoms with Crippen LogP contribution in [0.1, 0.15) is 49.2 Å². The first-order chi connectivity index (χ1) is 17.6. The SMILES string of the molecule is CC(C)C.CCNC(=O)CSCCNC(=O)c1cc(C)cc(CNC=O)c1.NC(=O)CSCCNC=O. The minimum Gasteiger partial charge on any atom is -0.369 e. The normalized spacial score (nSPS) is 9.57. The van der Waals surface area contributed by atoms with Gasteiger partial charge in [-0.3, -0.25) is 24.0 Å². The molecule has 0 bridgehead atoms. The molecule has 1 aromatic carbocycles. The zero-order valence-corrected chi connectivity index (χ0v) is 24.2. The molecule has 0 unspecified atom stereocenters. The molecule has 10 nitrogen and oxygen atoms in total. The Hall–Kier alpha value is -2.73. The van der Waals surface area contributed by atoms with Crippen molar-refractivity contribution in [2.75, 3.05) is 42.6 Å². The second-order valence-corrected chi connectivity index (χ2v) is 10.5. The number of benzene rings is 1. The van der Waals surface area contributed by atoms with E-state index in [0.717, 1.165) is 22.8 Å². The standard InChI is InChI=1S/C16H23N3O3S.C5H10N2O2S.C4H10/c1-3-18-15(21)10-23-5-4-19-16(22)14-7-12(2)6-13(8-14)9-17-11-20;6-5(9)3-10-2-1-7-4-8;1-4(2)3/h6-8,11H,3-5,9-10H2,1-2H3,(H,17,20)(H,18,21)(H,19,22);4H,1-3H2,(H2,6,9)(H,7,8);4H,1-3H3. The molecule has 210 valence electrons. The summed E-state index contributed by atoms with van der Waals surface area (Å²) in [5, 5.41) is 10.6. The molecule has 0 spiro atoms. The molecule has 1 rings (SSSR count). The highest BCUT2D eigenvalue weighted by molar-refractivity contribution is 8.00. The van der Waals surface area contributed by atoms with Crippen LogP contribution >= 0.6 is 23.5 Å². The second kappa shape index (κ2) is 24.9. The average Bonchev–Trinajstić information content (AvgIpc) is 2.82. The van der Waals surface area contributed by atoms with Gasteiger partial charge < -0.3 is 27.0 Å². The molecule has 0 heterocycles. The van der Waals surface area contributed by atoms with Crippen LogP contribution in [0.15, 0.2) is 18.2 Å². The van der Waals surface area contributed by atoms with Gasteiger partial charge in [0.15, 0.2) is 0 Å². The van der Waals surface area contributed by atoms with E-state index in [9.17, 15) is 24.0 Å². The van der Waals surface area contributed by atoms with Gasteiger partial charge in [-0.25, -0.2) is 0 Å². The molecule has 0 aliphatic heterocycles. The van der Waals surface area contributed by atoms with E-state index in [2.05, 4.69) is 42.0 Å². The zero-order chi connectivity index (χ0) is 28.5. The summed E-state index contributed by atoms with van der Waals surface area (Å²) >= 11 is 2.89. The Morgan fingerprint density at radius 2 is 1.51 bits per heavy atom. The van der Waals surface area contributed by atoms with Crippen LogP contribution in [0.5, 0.6) is 0 Å². The molecule has 12 heteroatoms. The number of nitrogens with two attached hydrogens (primary N) is 1. The van der Waals surface area contributed by atoms with Gasteiger partial charge in [0, 0.05) is 43.2 Å². The van der Waals surface area contributed by atoms with Crippen molar-refractivity contribution in [2.24, 2.45) is 11.7 Å². The minimum absolute atomic E-state index is 0.00910. The molecule has 5 amide bonds. The smallest absolute Gasteiger partial charge is 0.251 e. The first-order valence-corrected chi connectivity index (χ1v) is 14.3. The summed E-state index contributed by atoms with van der Waals surface area (Å²) in [5.41, 5.74) is 7.27. The molecule has 1 aromatic rings. The molecule has 0 aliphatic carbocycles. The molecule has 0 fully saturated rings. The number of rotatable bonds is 16. The molecular formula is C25H43N5O5S2. The molecule has 0 atom stereocenters. The molecule has 0 saturated heterocycles. The van der Waals surface area contributed by atoms with Gasteiger partial charge in [-0.1, -0.05) is 26.8 Å². The maximum absolute atomic E-state index is 12.1. The Bertz CT molecular complexity index is 807. The number of aryl methyl sites for hydroxylation is 1. The van der Waals surface area contributed by atoms with E-state index in [1.165, 1.54) is 23.5 Å². The largest absolute Gasteiger partial charge is 0.369 e. The van der Waals surface area contributed by atoms with Gasteiger partial charge in [-0.05, 0) is 43.0 Å². The van der Waals surface area contributed by atoms with Crippen molar-refractivity contribution >= 4 is 54.1 Å². The Morgan fingerprint density at radius 3 is 2.08 bits per heavy atom. The van der Waals surface area contributed by atoms with E-state index in [0.29, 0.717) is 61.8 Å². The number of primary amides is 1. The van der Waals surface area contributed by atoms with Gasteiger partial charge >= 0.3 is 0 Å². The summed E-state index contributed by atoms with van der Waals surface area (Å²) in [5.74, 6) is 2.48. The van der Waals surface area contributed by atoms with E-state index in [4.69, 9.17) is 5.73 Å². The van der Waals surface area contributed by atoms with Crippen molar-refractivity contribution in [1.29, 1.82) is 0 Å². The molecule has 0 aliphatic rings. The van der Waals surface area contributed by atoms with Crippen LogP contribution < -0.4 is 27.0 Å². The predicted octanol–water partition coefficient (Wildman–Crippen LogP) is 1.45. The highest BCUT2D eigenvalue weighted by Gasteiger charge is 2.07. The highest BCUT2D eigenvalue weighted by atomic mass is 32.2. The van der Waals surface area contributed by atoms with Gasteiger partial charge in [-0.2, -0.15) is 23.5 Å². The fourth-order valence-electron chi connectivity index (χ4n) is 2.37. The Morgan fingerprint density at radius 1 is 0.919 bits per heavy atom. The van der Waals surface area contributed by atoms with Gasteiger partial charge in [0.2, 0.25) is 24.6 Å². The average molecular weight is 558 g/mol. The fourth-order valence-corrected chi connectivity index (χ4v) is 3.66. The number of carbonyl (C=O) groups excluding carboxylic acids is 5. The van der Waals surface area contributed by atoms with Crippen LogP contribution in [0.25, 0.3) is 0 Å². The third-order valence-electron chi connectivity index (χ3n) is 3.65. The quantitative estimate of drug-likeness (QED) is 0.152. The molecule has 0 radical (unpaired) electrons. The maximum atomic E-state index is 12.1. The first kappa shape index (κ1) is 36.4. The number of thioether (sulfide) groups is 2. The minimum atomic E-state index is -0.323. The van der Waals surface area contributed by atoms with Crippen molar-refractivity contribution in [1.82, 2.24) is 21.3 Å². The molecular weight excluding hydrogens is 514 g/mol. The summed E-state index contributed by atoms with van der Waals surface area (Å²) < 4.78 is 0. The monoisotopic (exact) mass is 557 g/mol. The Balaban J connectivity index is 0. The molecule has 6 N–H and O–H groups in total. The number of nitrogens with one attached hydrogen (secondary N) is 4. The molecule has 37 heavy (non-hydrogen) atoms. The van der Waals surface area contributed by atoms with Crippen molar-refractivity contribution in [3.05, 3.63) is 34.9 Å². The number of hydrogen-bond donors (Lipinski definition) is 5. The van der Waals surface area contributed by atoms with Crippen LogP contribution in [0, 0.1) is 12.8 Å². The summed E-state index contributed by atoms with van der Waals surface area (Å²) in [6, 6.07) is 5.50. The lowest BCUT2D eigenvalue weighted by atomic mass is 10.1. The first-order valence-electron chi connectivity index (χ1n) is 12.0. The highest BCUT2D eigenvalue weighted by Crippen LogP contribution is 2.10. The lowest BCUT2D eigenvalue weighted by Gasteiger charge is -2.09. The Labute approximate surface area is 229 Å². The summed E-state index contributed by atoms with van der Waals surface area (Å²) in [6.45, 7) is 12.4. The van der Waals surface area contributed by atoms with Gasteiger partial charge in [-0.15, -0.1) is 0 Å². The van der Waals surface area contributed by atoms with E-state index in [-0.39, 0.29) is 17.7 Å². The maximum Gasteiger partial charge on any atom is 0.251 e. The van der Waals surface area contributed by atoms with Crippen LogP contribution in [0.2, 0.25) is 0 Å². The van der Waals surface area contributed by atoms with Crippen molar-refractivity contribution < 1.29 is 24.0 Å². The van der Waals surface area contributed by atoms with Crippen molar-refractivity contribution in [3.63, 3.8) is 0 Å². The van der Waals surface area contributed by atoms with Gasteiger partial charge in [0.05, 0.1) is 11.5 Å². The Kier molecular flexibility index (Phi) is 24.6. The van der Waals surface area contributed by atoms with Gasteiger partial charge in [0.1, 0.15) is 0 Å². The predicted molar refractivity (Wildman–Crippen MR) is 154 cm³/mol. The molecule has 0 saturated carbocycles. The second-order valence-electron chi connectivity index (χ2n) is 8.29. The van der Waals surface area contributed by atoms with Crippen molar-refractivity contribution in [2.45, 2.75) is 41.2 Å². The topological polar surface area (TPSA) is 159 Å². The van der Waals surface area contributed by atoms with Crippen LogP contribution in [-0.2, 0) is 25.7 Å². The van der Waals surface area contributed by atoms with Crippen LogP contribution in [-0.4, -0.2) is 73.2 Å². The summed E-state index contributed by atoms with van der Waals surface area (Å²) in [6.07, 6.45) is 1.26. The number of carbonyl (C=O) groups is 5.